The molecule has 0 aliphatic rings. The predicted molar refractivity (Wildman–Crippen MR) is 80.8 cm³/mol. The lowest BCUT2D eigenvalue weighted by Crippen LogP contribution is -2.15. The van der Waals surface area contributed by atoms with Crippen molar-refractivity contribution >= 4 is 23.2 Å². The van der Waals surface area contributed by atoms with E-state index in [1.54, 1.807) is 12.3 Å². The second-order valence-corrected chi connectivity index (χ2v) is 5.59. The Hall–Kier alpha value is -1.09. The van der Waals surface area contributed by atoms with E-state index in [1.807, 2.05) is 0 Å². The van der Waals surface area contributed by atoms with E-state index in [9.17, 15) is 0 Å². The zero-order valence-electron chi connectivity index (χ0n) is 11.0. The second kappa shape index (κ2) is 5.91. The number of rotatable bonds is 3. The van der Waals surface area contributed by atoms with Crippen molar-refractivity contribution in [1.82, 2.24) is 4.98 Å². The van der Waals surface area contributed by atoms with Gasteiger partial charge >= 0.3 is 0 Å². The van der Waals surface area contributed by atoms with Crippen LogP contribution in [0.1, 0.15) is 28.4 Å². The maximum Gasteiger partial charge on any atom is 0.0761 e. The van der Waals surface area contributed by atoms with Crippen LogP contribution in [0.15, 0.2) is 30.5 Å². The number of hydrogen-bond acceptors (Lipinski definition) is 2. The number of aromatic nitrogens is 1. The van der Waals surface area contributed by atoms with Crippen LogP contribution in [-0.2, 0) is 6.42 Å². The first-order valence-electron chi connectivity index (χ1n) is 6.10. The zero-order valence-corrected chi connectivity index (χ0v) is 12.5. The van der Waals surface area contributed by atoms with Crippen molar-refractivity contribution < 1.29 is 0 Å². The molecular weight excluding hydrogens is 279 g/mol. The number of hydrogen-bond donors (Lipinski definition) is 1. The zero-order chi connectivity index (χ0) is 14.0. The molecule has 0 radical (unpaired) electrons. The van der Waals surface area contributed by atoms with Gasteiger partial charge in [0, 0.05) is 6.20 Å². The van der Waals surface area contributed by atoms with Crippen LogP contribution < -0.4 is 5.73 Å². The van der Waals surface area contributed by atoms with Gasteiger partial charge in [-0.25, -0.2) is 0 Å². The molecule has 0 saturated heterocycles. The summed E-state index contributed by atoms with van der Waals surface area (Å²) in [6.45, 7) is 4.19. The molecule has 2 rings (SSSR count). The molecule has 19 heavy (non-hydrogen) atoms. The minimum Gasteiger partial charge on any atom is -0.322 e. The highest BCUT2D eigenvalue weighted by molar-refractivity contribution is 6.34. The minimum atomic E-state index is -0.230. The predicted octanol–water partition coefficient (Wildman–Crippen LogP) is 4.25. The Morgan fingerprint density at radius 1 is 1.16 bits per heavy atom. The summed E-state index contributed by atoms with van der Waals surface area (Å²) in [5.41, 5.74) is 10.6. The molecular formula is C15H16Cl2N2. The van der Waals surface area contributed by atoms with Gasteiger partial charge in [0.25, 0.3) is 0 Å². The standard InChI is InChI=1S/C15H16Cl2N2/c1-9-3-4-11(5-10(9)2)6-14(18)15-13(17)7-12(16)8-19-15/h3-5,7-8,14H,6,18H2,1-2H3. The van der Waals surface area contributed by atoms with Crippen molar-refractivity contribution in [2.24, 2.45) is 5.73 Å². The molecule has 2 N–H and O–H groups in total. The van der Waals surface area contributed by atoms with Crippen molar-refractivity contribution in [3.8, 4) is 0 Å². The summed E-state index contributed by atoms with van der Waals surface area (Å²) < 4.78 is 0. The number of nitrogens with zero attached hydrogens (tertiary/aromatic N) is 1. The van der Waals surface area contributed by atoms with Crippen LogP contribution in [0.3, 0.4) is 0 Å². The summed E-state index contributed by atoms with van der Waals surface area (Å²) in [7, 11) is 0. The van der Waals surface area contributed by atoms with Gasteiger partial charge in [-0.1, -0.05) is 41.4 Å². The highest BCUT2D eigenvalue weighted by Gasteiger charge is 2.13. The number of halogens is 2. The van der Waals surface area contributed by atoms with Crippen LogP contribution in [0.5, 0.6) is 0 Å². The molecule has 1 heterocycles. The fourth-order valence-electron chi connectivity index (χ4n) is 1.98. The maximum absolute atomic E-state index is 6.18. The van der Waals surface area contributed by atoms with Gasteiger partial charge in [-0.15, -0.1) is 0 Å². The van der Waals surface area contributed by atoms with Crippen LogP contribution in [0.4, 0.5) is 0 Å². The molecule has 2 aromatic rings. The first-order chi connectivity index (χ1) is 8.97. The molecule has 0 bridgehead atoms. The summed E-state index contributed by atoms with van der Waals surface area (Å²) in [6, 6.07) is 7.79. The molecule has 0 amide bonds. The Labute approximate surface area is 123 Å². The van der Waals surface area contributed by atoms with Crippen LogP contribution in [0, 0.1) is 13.8 Å². The van der Waals surface area contributed by atoms with Crippen LogP contribution in [0.25, 0.3) is 0 Å². The van der Waals surface area contributed by atoms with E-state index in [4.69, 9.17) is 28.9 Å². The van der Waals surface area contributed by atoms with E-state index in [-0.39, 0.29) is 6.04 Å². The average Bonchev–Trinajstić information content (AvgIpc) is 2.33. The molecule has 100 valence electrons. The first kappa shape index (κ1) is 14.3. The fourth-order valence-corrected chi connectivity index (χ4v) is 2.50. The summed E-state index contributed by atoms with van der Waals surface area (Å²) in [5, 5.41) is 1.04. The minimum absolute atomic E-state index is 0.230. The third kappa shape index (κ3) is 3.47. The monoisotopic (exact) mass is 294 g/mol. The Balaban J connectivity index is 2.20. The Kier molecular flexibility index (Phi) is 4.46. The second-order valence-electron chi connectivity index (χ2n) is 4.75. The van der Waals surface area contributed by atoms with Gasteiger partial charge in [0.2, 0.25) is 0 Å². The molecule has 1 atom stereocenters. The largest absolute Gasteiger partial charge is 0.322 e. The smallest absolute Gasteiger partial charge is 0.0761 e. The summed E-state index contributed by atoms with van der Waals surface area (Å²) in [6.07, 6.45) is 2.28. The number of aryl methyl sites for hydroxylation is 2. The molecule has 1 aromatic heterocycles. The van der Waals surface area contributed by atoms with E-state index >= 15 is 0 Å². The molecule has 4 heteroatoms. The van der Waals surface area contributed by atoms with Crippen molar-refractivity contribution in [2.75, 3.05) is 0 Å². The highest BCUT2D eigenvalue weighted by Crippen LogP contribution is 2.25. The van der Waals surface area contributed by atoms with E-state index in [0.29, 0.717) is 22.2 Å². The summed E-state index contributed by atoms with van der Waals surface area (Å²) in [4.78, 5) is 4.22. The van der Waals surface area contributed by atoms with Crippen molar-refractivity contribution in [3.63, 3.8) is 0 Å². The van der Waals surface area contributed by atoms with Gasteiger partial charge in [0.1, 0.15) is 0 Å². The molecule has 2 nitrogen and oxygen atoms in total. The number of benzene rings is 1. The van der Waals surface area contributed by atoms with Gasteiger partial charge < -0.3 is 5.73 Å². The Bertz CT molecular complexity index is 597. The quantitative estimate of drug-likeness (QED) is 0.919. The van der Waals surface area contributed by atoms with Gasteiger partial charge in [-0.3, -0.25) is 4.98 Å². The average molecular weight is 295 g/mol. The Morgan fingerprint density at radius 3 is 2.53 bits per heavy atom. The molecule has 0 spiro atoms. The van der Waals surface area contributed by atoms with Gasteiger partial charge in [0.15, 0.2) is 0 Å². The highest BCUT2D eigenvalue weighted by atomic mass is 35.5. The molecule has 0 aliphatic carbocycles. The summed E-state index contributed by atoms with van der Waals surface area (Å²) in [5.74, 6) is 0. The normalized spacial score (nSPS) is 12.5. The SMILES string of the molecule is Cc1ccc(CC(N)c2ncc(Cl)cc2Cl)cc1C. The summed E-state index contributed by atoms with van der Waals surface area (Å²) >= 11 is 12.0. The third-order valence-electron chi connectivity index (χ3n) is 3.21. The van der Waals surface area contributed by atoms with E-state index in [2.05, 4.69) is 37.0 Å². The fraction of sp³-hybridized carbons (Fsp3) is 0.267. The topological polar surface area (TPSA) is 38.9 Å². The van der Waals surface area contributed by atoms with Gasteiger partial charge in [-0.2, -0.15) is 0 Å². The lowest BCUT2D eigenvalue weighted by Gasteiger charge is -2.14. The van der Waals surface area contributed by atoms with Crippen molar-refractivity contribution in [1.29, 1.82) is 0 Å². The lowest BCUT2D eigenvalue weighted by atomic mass is 9.99. The van der Waals surface area contributed by atoms with Crippen molar-refractivity contribution in [3.05, 3.63) is 62.9 Å². The van der Waals surface area contributed by atoms with Crippen molar-refractivity contribution in [2.45, 2.75) is 26.3 Å². The lowest BCUT2D eigenvalue weighted by molar-refractivity contribution is 0.696. The van der Waals surface area contributed by atoms with Crippen LogP contribution >= 0.6 is 23.2 Å². The third-order valence-corrected chi connectivity index (χ3v) is 3.72. The van der Waals surface area contributed by atoms with Gasteiger partial charge in [-0.05, 0) is 43.0 Å². The van der Waals surface area contributed by atoms with Crippen LogP contribution in [0.2, 0.25) is 10.0 Å². The Morgan fingerprint density at radius 2 is 1.89 bits per heavy atom. The van der Waals surface area contributed by atoms with E-state index in [1.165, 1.54) is 16.7 Å². The molecule has 1 aromatic carbocycles. The molecule has 1 unspecified atom stereocenters. The number of pyridine rings is 1. The molecule has 0 aliphatic heterocycles. The first-order valence-corrected chi connectivity index (χ1v) is 6.85. The maximum atomic E-state index is 6.18. The molecule has 0 fully saturated rings. The number of nitrogens with two attached hydrogens (primary N) is 1. The van der Waals surface area contributed by atoms with Crippen LogP contribution in [-0.4, -0.2) is 4.98 Å². The molecule has 0 saturated carbocycles. The van der Waals surface area contributed by atoms with E-state index in [0.717, 1.165) is 0 Å². The van der Waals surface area contributed by atoms with E-state index < -0.39 is 0 Å². The van der Waals surface area contributed by atoms with Gasteiger partial charge in [0.05, 0.1) is 21.8 Å².